The summed E-state index contributed by atoms with van der Waals surface area (Å²) in [5.74, 6) is 0.775. The maximum atomic E-state index is 11.2. The van der Waals surface area contributed by atoms with Crippen LogP contribution in [0.25, 0.3) is 11.8 Å². The highest BCUT2D eigenvalue weighted by Crippen LogP contribution is 2.18. The number of rotatable bonds is 4. The van der Waals surface area contributed by atoms with Gasteiger partial charge in [-0.05, 0) is 17.5 Å². The minimum absolute atomic E-state index is 0.172. The van der Waals surface area contributed by atoms with Crippen molar-refractivity contribution in [3.63, 3.8) is 0 Å². The van der Waals surface area contributed by atoms with Gasteiger partial charge in [0.1, 0.15) is 5.70 Å². The van der Waals surface area contributed by atoms with E-state index in [1.807, 2.05) is 30.5 Å². The smallest absolute Gasteiger partial charge is 0.274 e. The number of aromatic nitrogens is 2. The molecule has 0 fully saturated rings. The molecule has 0 atom stereocenters. The number of amides is 1. The molecule has 1 amide bonds. The summed E-state index contributed by atoms with van der Waals surface area (Å²) < 4.78 is 5.13. The molecule has 0 bridgehead atoms. The van der Waals surface area contributed by atoms with E-state index in [1.54, 1.807) is 11.3 Å². The predicted molar refractivity (Wildman–Crippen MR) is 69.7 cm³/mol. The molecule has 94 valence electrons. The van der Waals surface area contributed by atoms with Gasteiger partial charge in [0.15, 0.2) is 5.82 Å². The molecule has 6 heteroatoms. The molecule has 18 heavy (non-hydrogen) atoms. The standard InChI is InChI=1S/C12H13N3O2S/c1-3-11-14-12(17-15-11)10(13-8(2)16)7-9-5-4-6-18-9/h4-7H,3H2,1-2H3,(H,13,16)/b10-7+. The lowest BCUT2D eigenvalue weighted by molar-refractivity contribution is -0.117. The first-order chi connectivity index (χ1) is 8.69. The Morgan fingerprint density at radius 1 is 1.61 bits per heavy atom. The summed E-state index contributed by atoms with van der Waals surface area (Å²) in [6, 6.07) is 3.89. The Kier molecular flexibility index (Phi) is 3.88. The number of hydrogen-bond donors (Lipinski definition) is 1. The Morgan fingerprint density at radius 2 is 2.44 bits per heavy atom. The first-order valence-corrected chi connectivity index (χ1v) is 6.42. The monoisotopic (exact) mass is 263 g/mol. The summed E-state index contributed by atoms with van der Waals surface area (Å²) in [6.07, 6.45) is 2.51. The van der Waals surface area contributed by atoms with Crippen molar-refractivity contribution in [2.75, 3.05) is 0 Å². The second kappa shape index (κ2) is 5.59. The lowest BCUT2D eigenvalue weighted by atomic mass is 10.3. The predicted octanol–water partition coefficient (Wildman–Crippen LogP) is 2.33. The minimum Gasteiger partial charge on any atom is -0.332 e. The van der Waals surface area contributed by atoms with Gasteiger partial charge in [0.05, 0.1) is 0 Å². The highest BCUT2D eigenvalue weighted by atomic mass is 32.1. The van der Waals surface area contributed by atoms with Gasteiger partial charge in [-0.15, -0.1) is 11.3 Å². The number of nitrogens with one attached hydrogen (secondary N) is 1. The first kappa shape index (κ1) is 12.5. The van der Waals surface area contributed by atoms with Crippen molar-refractivity contribution in [2.24, 2.45) is 0 Å². The van der Waals surface area contributed by atoms with Crippen LogP contribution in [0, 0.1) is 0 Å². The van der Waals surface area contributed by atoms with E-state index in [4.69, 9.17) is 4.52 Å². The van der Waals surface area contributed by atoms with Crippen LogP contribution in [0.4, 0.5) is 0 Å². The molecule has 0 unspecified atom stereocenters. The Hall–Kier alpha value is -1.95. The zero-order valence-corrected chi connectivity index (χ0v) is 11.0. The van der Waals surface area contributed by atoms with E-state index in [-0.39, 0.29) is 5.91 Å². The summed E-state index contributed by atoms with van der Waals surface area (Å²) in [7, 11) is 0. The SMILES string of the molecule is CCc1noc(/C(=C\c2cccs2)NC(C)=O)n1. The van der Waals surface area contributed by atoms with E-state index in [9.17, 15) is 4.79 Å². The minimum atomic E-state index is -0.172. The summed E-state index contributed by atoms with van der Waals surface area (Å²) >= 11 is 1.57. The molecule has 2 heterocycles. The van der Waals surface area contributed by atoms with Gasteiger partial charge in [0.25, 0.3) is 5.89 Å². The molecule has 2 aromatic rings. The molecule has 5 nitrogen and oxygen atoms in total. The van der Waals surface area contributed by atoms with E-state index in [0.29, 0.717) is 23.8 Å². The van der Waals surface area contributed by atoms with Gasteiger partial charge >= 0.3 is 0 Å². The van der Waals surface area contributed by atoms with Crippen molar-refractivity contribution in [3.05, 3.63) is 34.1 Å². The highest BCUT2D eigenvalue weighted by molar-refractivity contribution is 7.10. The first-order valence-electron chi connectivity index (χ1n) is 5.54. The van der Waals surface area contributed by atoms with E-state index >= 15 is 0 Å². The third-order valence-corrected chi connectivity index (χ3v) is 2.97. The zero-order valence-electron chi connectivity index (χ0n) is 10.1. The van der Waals surface area contributed by atoms with E-state index in [0.717, 1.165) is 4.88 Å². The van der Waals surface area contributed by atoms with Crippen LogP contribution in [0.2, 0.25) is 0 Å². The van der Waals surface area contributed by atoms with Crippen molar-refractivity contribution in [1.82, 2.24) is 15.5 Å². The van der Waals surface area contributed by atoms with Crippen molar-refractivity contribution < 1.29 is 9.32 Å². The largest absolute Gasteiger partial charge is 0.332 e. The summed E-state index contributed by atoms with van der Waals surface area (Å²) in [5, 5.41) is 8.48. The van der Waals surface area contributed by atoms with Gasteiger partial charge in [-0.2, -0.15) is 4.98 Å². The van der Waals surface area contributed by atoms with Crippen LogP contribution in [0.5, 0.6) is 0 Å². The van der Waals surface area contributed by atoms with E-state index in [1.165, 1.54) is 6.92 Å². The topological polar surface area (TPSA) is 68.0 Å². The molecule has 2 aromatic heterocycles. The Balaban J connectivity index is 2.33. The fourth-order valence-electron chi connectivity index (χ4n) is 1.36. The summed E-state index contributed by atoms with van der Waals surface area (Å²) in [6.45, 7) is 3.38. The molecule has 0 aromatic carbocycles. The molecular weight excluding hydrogens is 250 g/mol. The molecule has 0 saturated carbocycles. The Bertz CT molecular complexity index is 558. The normalized spacial score (nSPS) is 11.6. The van der Waals surface area contributed by atoms with Gasteiger partial charge in [-0.3, -0.25) is 4.79 Å². The number of aryl methyl sites for hydroxylation is 1. The highest BCUT2D eigenvalue weighted by Gasteiger charge is 2.12. The average molecular weight is 263 g/mol. The third kappa shape index (κ3) is 3.04. The average Bonchev–Trinajstić information content (AvgIpc) is 2.98. The molecule has 0 aliphatic carbocycles. The lowest BCUT2D eigenvalue weighted by Crippen LogP contribution is -2.18. The van der Waals surface area contributed by atoms with Crippen LogP contribution >= 0.6 is 11.3 Å². The number of carbonyl (C=O) groups is 1. The van der Waals surface area contributed by atoms with Crippen LogP contribution < -0.4 is 5.32 Å². The maximum Gasteiger partial charge on any atom is 0.274 e. The van der Waals surface area contributed by atoms with Crippen LogP contribution in [0.1, 0.15) is 30.4 Å². The van der Waals surface area contributed by atoms with Gasteiger partial charge in [-0.1, -0.05) is 18.1 Å². The molecule has 0 spiro atoms. The number of thiophene rings is 1. The Labute approximate surface area is 109 Å². The number of nitrogens with zero attached hydrogens (tertiary/aromatic N) is 2. The van der Waals surface area contributed by atoms with Crippen molar-refractivity contribution in [1.29, 1.82) is 0 Å². The maximum absolute atomic E-state index is 11.2. The Morgan fingerprint density at radius 3 is 3.00 bits per heavy atom. The molecule has 0 saturated heterocycles. The second-order valence-corrected chi connectivity index (χ2v) is 4.60. The molecule has 2 rings (SSSR count). The molecular formula is C12H13N3O2S. The quantitative estimate of drug-likeness (QED) is 0.919. The van der Waals surface area contributed by atoms with Crippen molar-refractivity contribution in [3.8, 4) is 0 Å². The van der Waals surface area contributed by atoms with Gasteiger partial charge in [-0.25, -0.2) is 0 Å². The number of carbonyl (C=O) groups excluding carboxylic acids is 1. The van der Waals surface area contributed by atoms with Crippen molar-refractivity contribution in [2.45, 2.75) is 20.3 Å². The lowest BCUT2D eigenvalue weighted by Gasteiger charge is -2.01. The summed E-state index contributed by atoms with van der Waals surface area (Å²) in [5.41, 5.74) is 0.525. The van der Waals surface area contributed by atoms with E-state index in [2.05, 4.69) is 15.5 Å². The van der Waals surface area contributed by atoms with Crippen molar-refractivity contribution >= 4 is 29.0 Å². The van der Waals surface area contributed by atoms with Crippen LogP contribution in [-0.4, -0.2) is 16.0 Å². The van der Waals surface area contributed by atoms with Crippen LogP contribution in [-0.2, 0) is 11.2 Å². The fraction of sp³-hybridized carbons (Fsp3) is 0.250. The molecule has 0 aliphatic rings. The van der Waals surface area contributed by atoms with E-state index < -0.39 is 0 Å². The number of hydrogen-bond acceptors (Lipinski definition) is 5. The molecule has 0 aliphatic heterocycles. The second-order valence-electron chi connectivity index (χ2n) is 3.62. The van der Waals surface area contributed by atoms with Gasteiger partial charge in [0, 0.05) is 18.2 Å². The fourth-order valence-corrected chi connectivity index (χ4v) is 2.02. The zero-order chi connectivity index (χ0) is 13.0. The third-order valence-electron chi connectivity index (χ3n) is 2.16. The van der Waals surface area contributed by atoms with Gasteiger partial charge < -0.3 is 9.84 Å². The molecule has 1 N–H and O–H groups in total. The van der Waals surface area contributed by atoms with Crippen LogP contribution in [0.15, 0.2) is 22.0 Å². The van der Waals surface area contributed by atoms with Gasteiger partial charge in [0.2, 0.25) is 5.91 Å². The van der Waals surface area contributed by atoms with Crippen LogP contribution in [0.3, 0.4) is 0 Å². The molecule has 0 radical (unpaired) electrons. The summed E-state index contributed by atoms with van der Waals surface area (Å²) in [4.78, 5) is 16.4.